The van der Waals surface area contributed by atoms with Crippen molar-refractivity contribution in [3.05, 3.63) is 47.1 Å². The first-order valence-electron chi connectivity index (χ1n) is 7.40. The van der Waals surface area contributed by atoms with E-state index in [1.54, 1.807) is 17.4 Å². The Kier molecular flexibility index (Phi) is 4.68. The Balaban J connectivity index is 1.83. The summed E-state index contributed by atoms with van der Waals surface area (Å²) in [7, 11) is 0. The monoisotopic (exact) mass is 305 g/mol. The van der Waals surface area contributed by atoms with Gasteiger partial charge in [0.1, 0.15) is 5.82 Å². The number of benzene rings is 1. The number of thiophene rings is 1. The summed E-state index contributed by atoms with van der Waals surface area (Å²) < 4.78 is 20.9. The van der Waals surface area contributed by atoms with E-state index in [1.165, 1.54) is 23.8 Å². The summed E-state index contributed by atoms with van der Waals surface area (Å²) in [4.78, 5) is 1.20. The molecule has 0 bridgehead atoms. The fraction of sp³-hybridized carbons (Fsp3) is 0.412. The third-order valence-corrected chi connectivity index (χ3v) is 4.89. The van der Waals surface area contributed by atoms with Gasteiger partial charge in [0.15, 0.2) is 0 Å². The number of ether oxygens (including phenoxy) is 1. The van der Waals surface area contributed by atoms with Gasteiger partial charge in [-0.1, -0.05) is 12.1 Å². The van der Waals surface area contributed by atoms with Gasteiger partial charge in [0.05, 0.1) is 13.2 Å². The standard InChI is InChI=1S/C17H20FNOS/c1-2-3-9-20-11-13-16(10-19-12-7-8-12)21-15-6-4-5-14(18)17(13)15/h2,4-6,12,19H,1,3,7-11H2. The molecule has 0 unspecified atom stereocenters. The molecule has 3 rings (SSSR count). The van der Waals surface area contributed by atoms with Crippen molar-refractivity contribution in [3.63, 3.8) is 0 Å². The quantitative estimate of drug-likeness (QED) is 0.577. The zero-order valence-electron chi connectivity index (χ0n) is 12.0. The maximum absolute atomic E-state index is 14.2. The largest absolute Gasteiger partial charge is 0.376 e. The molecule has 1 aliphatic carbocycles. The SMILES string of the molecule is C=CCCOCc1c(CNC2CC2)sc2cccc(F)c12. The zero-order chi connectivity index (χ0) is 14.7. The van der Waals surface area contributed by atoms with Crippen LogP contribution in [0.5, 0.6) is 0 Å². The zero-order valence-corrected chi connectivity index (χ0v) is 12.8. The predicted molar refractivity (Wildman–Crippen MR) is 86.1 cm³/mol. The first-order chi connectivity index (χ1) is 10.3. The third kappa shape index (κ3) is 3.51. The van der Waals surface area contributed by atoms with Crippen molar-refractivity contribution in [1.29, 1.82) is 0 Å². The Morgan fingerprint density at radius 2 is 2.29 bits per heavy atom. The van der Waals surface area contributed by atoms with Crippen LogP contribution in [0.4, 0.5) is 4.39 Å². The van der Waals surface area contributed by atoms with Crippen LogP contribution in [-0.4, -0.2) is 12.6 Å². The van der Waals surface area contributed by atoms with E-state index in [0.29, 0.717) is 19.3 Å². The lowest BCUT2D eigenvalue weighted by molar-refractivity contribution is 0.126. The van der Waals surface area contributed by atoms with Crippen LogP contribution in [0.1, 0.15) is 29.7 Å². The Bertz CT molecular complexity index is 633. The first kappa shape index (κ1) is 14.7. The molecule has 0 amide bonds. The second-order valence-corrected chi connectivity index (χ2v) is 6.54. The van der Waals surface area contributed by atoms with Gasteiger partial charge in [-0.15, -0.1) is 17.9 Å². The van der Waals surface area contributed by atoms with Crippen LogP contribution in [0, 0.1) is 5.82 Å². The number of fused-ring (bicyclic) bond motifs is 1. The highest BCUT2D eigenvalue weighted by Crippen LogP contribution is 2.34. The summed E-state index contributed by atoms with van der Waals surface area (Å²) in [5, 5.41) is 4.24. The highest BCUT2D eigenvalue weighted by molar-refractivity contribution is 7.19. The first-order valence-corrected chi connectivity index (χ1v) is 8.22. The molecule has 1 aliphatic rings. The molecule has 21 heavy (non-hydrogen) atoms. The van der Waals surface area contributed by atoms with Crippen molar-refractivity contribution >= 4 is 21.4 Å². The fourth-order valence-electron chi connectivity index (χ4n) is 2.38. The molecule has 1 aromatic heterocycles. The van der Waals surface area contributed by atoms with Crippen LogP contribution in [0.25, 0.3) is 10.1 Å². The van der Waals surface area contributed by atoms with Crippen LogP contribution in [0.3, 0.4) is 0 Å². The van der Waals surface area contributed by atoms with Crippen LogP contribution < -0.4 is 5.32 Å². The lowest BCUT2D eigenvalue weighted by atomic mass is 10.1. The van der Waals surface area contributed by atoms with Gasteiger partial charge in [-0.3, -0.25) is 0 Å². The molecule has 0 radical (unpaired) electrons. The van der Waals surface area contributed by atoms with Crippen molar-refractivity contribution in [2.24, 2.45) is 0 Å². The van der Waals surface area contributed by atoms with Crippen LogP contribution in [0.2, 0.25) is 0 Å². The van der Waals surface area contributed by atoms with Gasteiger partial charge in [-0.2, -0.15) is 0 Å². The number of rotatable bonds is 8. The van der Waals surface area contributed by atoms with Gasteiger partial charge in [-0.25, -0.2) is 4.39 Å². The number of nitrogens with one attached hydrogen (secondary N) is 1. The van der Waals surface area contributed by atoms with Gasteiger partial charge in [0, 0.05) is 33.1 Å². The molecule has 1 fully saturated rings. The molecule has 0 aliphatic heterocycles. The minimum atomic E-state index is -0.149. The molecule has 1 N–H and O–H groups in total. The summed E-state index contributed by atoms with van der Waals surface area (Å²) in [5.74, 6) is -0.149. The second-order valence-electron chi connectivity index (χ2n) is 5.40. The summed E-state index contributed by atoms with van der Waals surface area (Å²) in [5.41, 5.74) is 1.00. The number of hydrogen-bond donors (Lipinski definition) is 1. The van der Waals surface area contributed by atoms with Crippen molar-refractivity contribution < 1.29 is 9.13 Å². The minimum absolute atomic E-state index is 0.149. The average molecular weight is 305 g/mol. The van der Waals surface area contributed by atoms with Gasteiger partial charge in [-0.05, 0) is 31.4 Å². The van der Waals surface area contributed by atoms with Gasteiger partial charge in [0.25, 0.3) is 0 Å². The lowest BCUT2D eigenvalue weighted by Crippen LogP contribution is -2.15. The molecule has 2 nitrogen and oxygen atoms in total. The van der Waals surface area contributed by atoms with Crippen LogP contribution >= 0.6 is 11.3 Å². The molecule has 1 aromatic carbocycles. The van der Waals surface area contributed by atoms with Crippen molar-refractivity contribution in [1.82, 2.24) is 5.32 Å². The van der Waals surface area contributed by atoms with Crippen molar-refractivity contribution in [2.75, 3.05) is 6.61 Å². The summed E-state index contributed by atoms with van der Waals surface area (Å²) in [6.45, 7) is 5.59. The van der Waals surface area contributed by atoms with E-state index in [1.807, 2.05) is 12.1 Å². The Labute approximate surface area is 128 Å². The number of hydrogen-bond acceptors (Lipinski definition) is 3. The van der Waals surface area contributed by atoms with Crippen molar-refractivity contribution in [2.45, 2.75) is 38.5 Å². The van der Waals surface area contributed by atoms with E-state index in [4.69, 9.17) is 4.74 Å². The second kappa shape index (κ2) is 6.69. The van der Waals surface area contributed by atoms with E-state index in [-0.39, 0.29) is 5.82 Å². The normalized spacial score (nSPS) is 14.7. The maximum atomic E-state index is 14.2. The van der Waals surface area contributed by atoms with Gasteiger partial charge in [0.2, 0.25) is 0 Å². The van der Waals surface area contributed by atoms with Gasteiger partial charge >= 0.3 is 0 Å². The smallest absolute Gasteiger partial charge is 0.132 e. The molecule has 112 valence electrons. The van der Waals surface area contributed by atoms with Crippen LogP contribution in [-0.2, 0) is 17.9 Å². The summed E-state index contributed by atoms with van der Waals surface area (Å²) in [6, 6.07) is 5.93. The molecule has 0 saturated heterocycles. The molecular weight excluding hydrogens is 285 g/mol. The average Bonchev–Trinajstić information content (AvgIpc) is 3.24. The van der Waals surface area contributed by atoms with E-state index < -0.39 is 0 Å². The topological polar surface area (TPSA) is 21.3 Å². The molecular formula is C17H20FNOS. The Hall–Kier alpha value is -1.23. The van der Waals surface area contributed by atoms with Crippen molar-refractivity contribution in [3.8, 4) is 0 Å². The van der Waals surface area contributed by atoms with E-state index in [0.717, 1.165) is 28.6 Å². The van der Waals surface area contributed by atoms with Gasteiger partial charge < -0.3 is 10.1 Å². The van der Waals surface area contributed by atoms with E-state index in [2.05, 4.69) is 11.9 Å². The van der Waals surface area contributed by atoms with E-state index in [9.17, 15) is 4.39 Å². The third-order valence-electron chi connectivity index (χ3n) is 3.69. The lowest BCUT2D eigenvalue weighted by Gasteiger charge is -2.07. The molecule has 1 heterocycles. The summed E-state index contributed by atoms with van der Waals surface area (Å²) in [6.07, 6.45) is 5.16. The van der Waals surface area contributed by atoms with Crippen LogP contribution in [0.15, 0.2) is 30.9 Å². The predicted octanol–water partition coefficient (Wildman–Crippen LogP) is 4.39. The minimum Gasteiger partial charge on any atom is -0.376 e. The fourth-order valence-corrected chi connectivity index (χ4v) is 3.55. The molecule has 0 spiro atoms. The van der Waals surface area contributed by atoms with E-state index >= 15 is 0 Å². The number of halogens is 1. The molecule has 2 aromatic rings. The summed E-state index contributed by atoms with van der Waals surface area (Å²) >= 11 is 1.67. The Morgan fingerprint density at radius 3 is 3.05 bits per heavy atom. The molecule has 4 heteroatoms. The highest BCUT2D eigenvalue weighted by Gasteiger charge is 2.22. The molecule has 0 atom stereocenters. The maximum Gasteiger partial charge on any atom is 0.132 e. The molecule has 1 saturated carbocycles. The highest BCUT2D eigenvalue weighted by atomic mass is 32.1. The Morgan fingerprint density at radius 1 is 1.43 bits per heavy atom.